The van der Waals surface area contributed by atoms with Gasteiger partial charge in [0.15, 0.2) is 0 Å². The Kier molecular flexibility index (Phi) is 5.44. The first-order valence-electron chi connectivity index (χ1n) is 8.52. The summed E-state index contributed by atoms with van der Waals surface area (Å²) in [7, 11) is 0. The predicted octanol–water partition coefficient (Wildman–Crippen LogP) is 4.60. The van der Waals surface area contributed by atoms with Crippen LogP contribution in [0.3, 0.4) is 0 Å². The maximum atomic E-state index is 11.4. The molecule has 0 aliphatic heterocycles. The van der Waals surface area contributed by atoms with Crippen LogP contribution in [0.25, 0.3) is 0 Å². The highest BCUT2D eigenvalue weighted by Crippen LogP contribution is 2.61. The van der Waals surface area contributed by atoms with E-state index < -0.39 is 6.10 Å². The van der Waals surface area contributed by atoms with E-state index in [-0.39, 0.29) is 5.41 Å². The summed E-state index contributed by atoms with van der Waals surface area (Å²) in [6, 6.07) is 0. The van der Waals surface area contributed by atoms with Crippen LogP contribution in [0.4, 0.5) is 0 Å². The zero-order valence-electron chi connectivity index (χ0n) is 14.4. The van der Waals surface area contributed by atoms with Gasteiger partial charge in [-0.25, -0.2) is 0 Å². The van der Waals surface area contributed by atoms with Gasteiger partial charge < -0.3 is 5.11 Å². The smallest absolute Gasteiger partial charge is 0.148 e. The van der Waals surface area contributed by atoms with E-state index >= 15 is 0 Å². The first-order valence-corrected chi connectivity index (χ1v) is 8.52. The summed E-state index contributed by atoms with van der Waals surface area (Å²) in [5.74, 6) is 1.04. The van der Waals surface area contributed by atoms with Crippen molar-refractivity contribution in [3.05, 3.63) is 34.9 Å². The summed E-state index contributed by atoms with van der Waals surface area (Å²) in [5, 5.41) is 10.3. The zero-order valence-corrected chi connectivity index (χ0v) is 14.4. The number of hydrogen-bond acceptors (Lipinski definition) is 2. The minimum Gasteiger partial charge on any atom is -0.388 e. The molecule has 2 aliphatic carbocycles. The zero-order chi connectivity index (χ0) is 16.3. The molecule has 0 aromatic rings. The Bertz CT molecular complexity index is 508. The Morgan fingerprint density at radius 1 is 1.18 bits per heavy atom. The second-order valence-electron chi connectivity index (χ2n) is 7.67. The lowest BCUT2D eigenvalue weighted by Gasteiger charge is -2.10. The van der Waals surface area contributed by atoms with Crippen LogP contribution in [0.2, 0.25) is 0 Å². The lowest BCUT2D eigenvalue weighted by atomic mass is 10.0. The molecule has 0 heterocycles. The van der Waals surface area contributed by atoms with Crippen molar-refractivity contribution in [3.8, 4) is 0 Å². The first-order chi connectivity index (χ1) is 10.4. The number of carbonyl (C=O) groups excluding carboxylic acids is 1. The van der Waals surface area contributed by atoms with E-state index in [1.807, 2.05) is 6.08 Å². The molecule has 0 unspecified atom stereocenters. The van der Waals surface area contributed by atoms with Crippen molar-refractivity contribution in [1.82, 2.24) is 0 Å². The van der Waals surface area contributed by atoms with Crippen LogP contribution in [0.1, 0.15) is 59.8 Å². The van der Waals surface area contributed by atoms with Gasteiger partial charge in [0.25, 0.3) is 0 Å². The molecule has 0 spiro atoms. The van der Waals surface area contributed by atoms with Crippen molar-refractivity contribution >= 4 is 6.29 Å². The maximum Gasteiger partial charge on any atom is 0.148 e. The van der Waals surface area contributed by atoms with E-state index in [1.165, 1.54) is 17.6 Å². The highest BCUT2D eigenvalue weighted by atomic mass is 16.3. The summed E-state index contributed by atoms with van der Waals surface area (Å²) in [6.07, 6.45) is 11.6. The maximum absolute atomic E-state index is 11.4. The Morgan fingerprint density at radius 2 is 1.86 bits per heavy atom. The minimum absolute atomic E-state index is 0.250. The fourth-order valence-corrected chi connectivity index (χ4v) is 3.69. The van der Waals surface area contributed by atoms with Gasteiger partial charge in [0.1, 0.15) is 6.29 Å². The van der Waals surface area contributed by atoms with Gasteiger partial charge in [-0.3, -0.25) is 4.79 Å². The summed E-state index contributed by atoms with van der Waals surface area (Å²) in [4.78, 5) is 11.4. The summed E-state index contributed by atoms with van der Waals surface area (Å²) in [6.45, 7) is 8.88. The van der Waals surface area contributed by atoms with E-state index in [2.05, 4.69) is 39.8 Å². The van der Waals surface area contributed by atoms with Crippen molar-refractivity contribution < 1.29 is 9.90 Å². The third-order valence-corrected chi connectivity index (χ3v) is 5.60. The Labute approximate surface area is 135 Å². The van der Waals surface area contributed by atoms with Crippen molar-refractivity contribution in [2.24, 2.45) is 17.3 Å². The molecule has 0 bridgehead atoms. The number of aliphatic hydroxyl groups excluding tert-OH is 1. The fourth-order valence-electron chi connectivity index (χ4n) is 3.69. The molecular formula is C20H30O2. The van der Waals surface area contributed by atoms with Gasteiger partial charge in [0, 0.05) is 5.57 Å². The van der Waals surface area contributed by atoms with Crippen LogP contribution >= 0.6 is 0 Å². The second-order valence-corrected chi connectivity index (χ2v) is 7.67. The SMILES string of the molecule is C/C1=C\C[C@H](O)/C(C=O)=C/[C@@H]2[C@@H](CC/C(C)=C/CC1)C2(C)C. The molecule has 22 heavy (non-hydrogen) atoms. The third-order valence-electron chi connectivity index (χ3n) is 5.60. The first kappa shape index (κ1) is 17.2. The number of hydrogen-bond donors (Lipinski definition) is 1. The second kappa shape index (κ2) is 6.95. The van der Waals surface area contributed by atoms with Crippen molar-refractivity contribution in [3.63, 3.8) is 0 Å². The van der Waals surface area contributed by atoms with Crippen LogP contribution in [0, 0.1) is 17.3 Å². The molecule has 1 fully saturated rings. The van der Waals surface area contributed by atoms with Crippen molar-refractivity contribution in [2.45, 2.75) is 65.9 Å². The Balaban J connectivity index is 2.22. The van der Waals surface area contributed by atoms with E-state index in [4.69, 9.17) is 0 Å². The number of fused-ring (bicyclic) bond motifs is 1. The molecule has 0 saturated heterocycles. The van der Waals surface area contributed by atoms with Crippen molar-refractivity contribution in [1.29, 1.82) is 0 Å². The van der Waals surface area contributed by atoms with Gasteiger partial charge in [-0.15, -0.1) is 0 Å². The largest absolute Gasteiger partial charge is 0.388 e. The molecule has 2 heteroatoms. The molecule has 2 rings (SSSR count). The third kappa shape index (κ3) is 3.98. The molecule has 0 aromatic carbocycles. The predicted molar refractivity (Wildman–Crippen MR) is 91.5 cm³/mol. The van der Waals surface area contributed by atoms with Gasteiger partial charge in [0.2, 0.25) is 0 Å². The summed E-state index contributed by atoms with van der Waals surface area (Å²) < 4.78 is 0. The average Bonchev–Trinajstić information content (AvgIpc) is 2.99. The molecule has 0 aromatic heterocycles. The van der Waals surface area contributed by atoms with Gasteiger partial charge in [-0.1, -0.05) is 43.2 Å². The molecule has 2 nitrogen and oxygen atoms in total. The molecule has 0 amide bonds. The molecular weight excluding hydrogens is 272 g/mol. The van der Waals surface area contributed by atoms with E-state index in [0.29, 0.717) is 23.8 Å². The Hall–Kier alpha value is -1.15. The van der Waals surface area contributed by atoms with Gasteiger partial charge in [0.05, 0.1) is 6.10 Å². The highest BCUT2D eigenvalue weighted by molar-refractivity contribution is 5.75. The van der Waals surface area contributed by atoms with E-state index in [1.54, 1.807) is 0 Å². The van der Waals surface area contributed by atoms with Crippen LogP contribution in [-0.4, -0.2) is 17.5 Å². The highest BCUT2D eigenvalue weighted by Gasteiger charge is 2.55. The van der Waals surface area contributed by atoms with Gasteiger partial charge in [-0.05, 0) is 63.2 Å². The normalized spacial score (nSPS) is 39.9. The number of rotatable bonds is 1. The van der Waals surface area contributed by atoms with Crippen LogP contribution in [0.15, 0.2) is 34.9 Å². The molecule has 2 aliphatic rings. The standard InChI is InChI=1S/C20H30O2/c1-14-6-5-7-15(2)9-11-19(22)16(13-21)12-18-17(10-8-14)20(18,3)4/h6,9,12-13,17-19,22H,5,7-8,10-11H2,1-4H3/b14-6+,15-9+,16-12+/t17-,18-,19+/m1/s1. The lowest BCUT2D eigenvalue weighted by Crippen LogP contribution is -2.11. The van der Waals surface area contributed by atoms with Gasteiger partial charge in [-0.2, -0.15) is 0 Å². The van der Waals surface area contributed by atoms with Crippen LogP contribution in [-0.2, 0) is 4.79 Å². The number of carbonyl (C=O) groups is 1. The van der Waals surface area contributed by atoms with Crippen LogP contribution < -0.4 is 0 Å². The molecule has 122 valence electrons. The summed E-state index contributed by atoms with van der Waals surface area (Å²) in [5.41, 5.74) is 3.58. The Morgan fingerprint density at radius 3 is 2.55 bits per heavy atom. The van der Waals surface area contributed by atoms with Gasteiger partial charge >= 0.3 is 0 Å². The number of aliphatic hydroxyl groups is 1. The monoisotopic (exact) mass is 302 g/mol. The average molecular weight is 302 g/mol. The van der Waals surface area contributed by atoms with Crippen LogP contribution in [0.5, 0.6) is 0 Å². The van der Waals surface area contributed by atoms with E-state index in [0.717, 1.165) is 25.5 Å². The number of aldehydes is 1. The molecule has 1 saturated carbocycles. The van der Waals surface area contributed by atoms with E-state index in [9.17, 15) is 9.90 Å². The number of allylic oxidation sites excluding steroid dienone is 4. The summed E-state index contributed by atoms with van der Waals surface area (Å²) >= 11 is 0. The molecule has 1 N–H and O–H groups in total. The molecule has 0 radical (unpaired) electrons. The quantitative estimate of drug-likeness (QED) is 0.567. The fraction of sp³-hybridized carbons (Fsp3) is 0.650. The molecule has 3 atom stereocenters. The lowest BCUT2D eigenvalue weighted by molar-refractivity contribution is -0.105. The topological polar surface area (TPSA) is 37.3 Å². The van der Waals surface area contributed by atoms with Crippen molar-refractivity contribution in [2.75, 3.05) is 0 Å². The minimum atomic E-state index is -0.662.